The number of fused-ring (bicyclic) bond motifs is 1. The number of ether oxygens (including phenoxy) is 1. The van der Waals surface area contributed by atoms with Gasteiger partial charge in [-0.15, -0.1) is 0 Å². The number of aryl methyl sites for hydroxylation is 2. The van der Waals surface area contributed by atoms with Crippen LogP contribution in [0, 0.1) is 13.8 Å². The second-order valence-corrected chi connectivity index (χ2v) is 9.73. The highest BCUT2D eigenvalue weighted by Crippen LogP contribution is 2.36. The summed E-state index contributed by atoms with van der Waals surface area (Å²) in [5.41, 5.74) is 2.99. The Kier molecular flexibility index (Phi) is 5.72. The molecule has 8 nitrogen and oxygen atoms in total. The first kappa shape index (κ1) is 21.3. The van der Waals surface area contributed by atoms with Crippen molar-refractivity contribution in [3.05, 3.63) is 53.1 Å². The van der Waals surface area contributed by atoms with E-state index in [1.807, 2.05) is 31.2 Å². The fourth-order valence-electron chi connectivity index (χ4n) is 4.02. The third-order valence-corrected chi connectivity index (χ3v) is 7.77. The summed E-state index contributed by atoms with van der Waals surface area (Å²) in [5.74, 6) is -0.278. The van der Waals surface area contributed by atoms with E-state index in [9.17, 15) is 18.0 Å². The van der Waals surface area contributed by atoms with Crippen molar-refractivity contribution in [2.24, 2.45) is 0 Å². The van der Waals surface area contributed by atoms with Gasteiger partial charge in [0.25, 0.3) is 5.91 Å². The number of carbonyl (C=O) groups excluding carboxylic acids is 2. The van der Waals surface area contributed by atoms with Crippen LogP contribution in [0.4, 0.5) is 5.69 Å². The Hall–Kier alpha value is -2.91. The first-order chi connectivity index (χ1) is 14.8. The molecule has 2 aromatic rings. The first-order valence-electron chi connectivity index (χ1n) is 10.2. The molecule has 0 aromatic heterocycles. The van der Waals surface area contributed by atoms with Crippen LogP contribution >= 0.6 is 0 Å². The van der Waals surface area contributed by atoms with Crippen molar-refractivity contribution in [3.63, 3.8) is 0 Å². The number of benzene rings is 2. The number of hydrogen-bond acceptors (Lipinski definition) is 5. The fourth-order valence-corrected chi connectivity index (χ4v) is 5.90. The molecular formula is C22H25N3O5S. The van der Waals surface area contributed by atoms with E-state index in [4.69, 9.17) is 4.74 Å². The van der Waals surface area contributed by atoms with E-state index in [-0.39, 0.29) is 29.9 Å². The molecule has 2 aliphatic heterocycles. The van der Waals surface area contributed by atoms with E-state index in [1.165, 1.54) is 10.4 Å². The third-order valence-electron chi connectivity index (χ3n) is 5.72. The number of anilines is 1. The lowest BCUT2D eigenvalue weighted by Gasteiger charge is -2.26. The van der Waals surface area contributed by atoms with Gasteiger partial charge in [0.2, 0.25) is 15.9 Å². The second kappa shape index (κ2) is 8.32. The molecule has 0 spiro atoms. The van der Waals surface area contributed by atoms with E-state index in [0.29, 0.717) is 36.4 Å². The van der Waals surface area contributed by atoms with Crippen LogP contribution in [0.25, 0.3) is 0 Å². The number of amides is 2. The Labute approximate surface area is 181 Å². The molecule has 2 aromatic carbocycles. The van der Waals surface area contributed by atoms with Crippen LogP contribution in [0.1, 0.15) is 29.5 Å². The average Bonchev–Trinajstić information content (AvgIpc) is 3.23. The molecule has 0 radical (unpaired) electrons. The van der Waals surface area contributed by atoms with E-state index in [0.717, 1.165) is 11.1 Å². The Bertz CT molecular complexity index is 1150. The second-order valence-electron chi connectivity index (χ2n) is 7.87. The normalized spacial score (nSPS) is 18.8. The predicted octanol–water partition coefficient (Wildman–Crippen LogP) is 2.10. The van der Waals surface area contributed by atoms with Gasteiger partial charge in [-0.25, -0.2) is 8.42 Å². The molecule has 2 aliphatic rings. The molecule has 1 fully saturated rings. The zero-order valence-corrected chi connectivity index (χ0v) is 18.3. The lowest BCUT2D eigenvalue weighted by Crippen LogP contribution is -2.45. The first-order valence-corrected chi connectivity index (χ1v) is 11.6. The number of carbonyl (C=O) groups is 2. The van der Waals surface area contributed by atoms with Gasteiger partial charge >= 0.3 is 0 Å². The molecule has 0 saturated carbocycles. The van der Waals surface area contributed by atoms with Gasteiger partial charge in [-0.05, 0) is 49.4 Å². The predicted molar refractivity (Wildman–Crippen MR) is 115 cm³/mol. The van der Waals surface area contributed by atoms with Crippen molar-refractivity contribution < 1.29 is 22.7 Å². The van der Waals surface area contributed by atoms with Crippen molar-refractivity contribution >= 4 is 27.5 Å². The molecule has 0 aliphatic carbocycles. The fraction of sp³-hybridized carbons (Fsp3) is 0.364. The van der Waals surface area contributed by atoms with E-state index in [1.54, 1.807) is 13.0 Å². The lowest BCUT2D eigenvalue weighted by atomic mass is 10.1. The standard InChI is InChI=1S/C22H25N3O5S/c1-14-6-3-4-7-16(14)12-23-22(27)18-8-5-9-25(18)31(28,29)20-11-19-17(10-15(20)2)24-21(26)13-30-19/h3-4,6-7,10-11,18H,5,8-9,12-13H2,1-2H3,(H,23,27)(H,24,26). The Morgan fingerprint density at radius 2 is 2.00 bits per heavy atom. The molecule has 31 heavy (non-hydrogen) atoms. The summed E-state index contributed by atoms with van der Waals surface area (Å²) in [6.07, 6.45) is 1.08. The maximum absolute atomic E-state index is 13.5. The Morgan fingerprint density at radius 3 is 2.77 bits per heavy atom. The molecule has 1 atom stereocenters. The molecule has 2 heterocycles. The monoisotopic (exact) mass is 443 g/mol. The van der Waals surface area contributed by atoms with Gasteiger partial charge in [0.05, 0.1) is 10.6 Å². The summed E-state index contributed by atoms with van der Waals surface area (Å²) in [6, 6.07) is 10.0. The van der Waals surface area contributed by atoms with Crippen LogP contribution in [-0.2, 0) is 26.2 Å². The van der Waals surface area contributed by atoms with Crippen LogP contribution in [-0.4, -0.2) is 43.7 Å². The Balaban J connectivity index is 1.56. The van der Waals surface area contributed by atoms with Crippen molar-refractivity contribution in [2.75, 3.05) is 18.5 Å². The molecule has 1 unspecified atom stereocenters. The molecule has 2 amide bonds. The third kappa shape index (κ3) is 4.15. The molecule has 1 saturated heterocycles. The molecule has 4 rings (SSSR count). The van der Waals surface area contributed by atoms with E-state index in [2.05, 4.69) is 10.6 Å². The summed E-state index contributed by atoms with van der Waals surface area (Å²) in [6.45, 7) is 4.10. The van der Waals surface area contributed by atoms with Gasteiger partial charge in [-0.1, -0.05) is 24.3 Å². The highest BCUT2D eigenvalue weighted by molar-refractivity contribution is 7.89. The van der Waals surface area contributed by atoms with Crippen molar-refractivity contribution in [2.45, 2.75) is 44.2 Å². The van der Waals surface area contributed by atoms with Crippen LogP contribution in [0.2, 0.25) is 0 Å². The van der Waals surface area contributed by atoms with Gasteiger partial charge in [0, 0.05) is 19.2 Å². The number of nitrogens with zero attached hydrogens (tertiary/aromatic N) is 1. The van der Waals surface area contributed by atoms with Crippen LogP contribution < -0.4 is 15.4 Å². The number of rotatable bonds is 5. The lowest BCUT2D eigenvalue weighted by molar-refractivity contribution is -0.124. The van der Waals surface area contributed by atoms with Gasteiger partial charge in [0.15, 0.2) is 6.61 Å². The summed E-state index contributed by atoms with van der Waals surface area (Å²) in [4.78, 5) is 24.5. The maximum atomic E-state index is 13.5. The summed E-state index contributed by atoms with van der Waals surface area (Å²) >= 11 is 0. The maximum Gasteiger partial charge on any atom is 0.262 e. The summed E-state index contributed by atoms with van der Waals surface area (Å²) < 4.78 is 33.6. The minimum Gasteiger partial charge on any atom is -0.482 e. The smallest absolute Gasteiger partial charge is 0.262 e. The minimum atomic E-state index is -3.92. The zero-order chi connectivity index (χ0) is 22.2. The van der Waals surface area contributed by atoms with Crippen molar-refractivity contribution in [1.82, 2.24) is 9.62 Å². The summed E-state index contributed by atoms with van der Waals surface area (Å²) in [7, 11) is -3.92. The molecule has 0 bridgehead atoms. The molecular weight excluding hydrogens is 418 g/mol. The number of nitrogens with one attached hydrogen (secondary N) is 2. The van der Waals surface area contributed by atoms with E-state index >= 15 is 0 Å². The SMILES string of the molecule is Cc1ccccc1CNC(=O)C1CCCN1S(=O)(=O)c1cc2c(cc1C)NC(=O)CO2. The number of sulfonamides is 1. The minimum absolute atomic E-state index is 0.0843. The Morgan fingerprint density at radius 1 is 1.23 bits per heavy atom. The zero-order valence-electron chi connectivity index (χ0n) is 17.5. The van der Waals surface area contributed by atoms with Gasteiger partial charge < -0.3 is 15.4 Å². The largest absolute Gasteiger partial charge is 0.482 e. The van der Waals surface area contributed by atoms with Crippen LogP contribution in [0.3, 0.4) is 0 Å². The summed E-state index contributed by atoms with van der Waals surface area (Å²) in [5, 5.41) is 5.56. The van der Waals surface area contributed by atoms with E-state index < -0.39 is 16.1 Å². The number of hydrogen-bond donors (Lipinski definition) is 2. The van der Waals surface area contributed by atoms with Crippen molar-refractivity contribution in [1.29, 1.82) is 0 Å². The van der Waals surface area contributed by atoms with Crippen molar-refractivity contribution in [3.8, 4) is 5.75 Å². The average molecular weight is 444 g/mol. The van der Waals surface area contributed by atoms with Gasteiger partial charge in [-0.2, -0.15) is 4.31 Å². The van der Waals surface area contributed by atoms with Gasteiger partial charge in [-0.3, -0.25) is 9.59 Å². The quantitative estimate of drug-likeness (QED) is 0.736. The van der Waals surface area contributed by atoms with Crippen LogP contribution in [0.15, 0.2) is 41.3 Å². The molecule has 2 N–H and O–H groups in total. The van der Waals surface area contributed by atoms with Gasteiger partial charge in [0.1, 0.15) is 11.8 Å². The molecule has 164 valence electrons. The topological polar surface area (TPSA) is 105 Å². The molecule has 9 heteroatoms. The highest BCUT2D eigenvalue weighted by Gasteiger charge is 2.40. The highest BCUT2D eigenvalue weighted by atomic mass is 32.2. The van der Waals surface area contributed by atoms with Crippen LogP contribution in [0.5, 0.6) is 5.75 Å².